The number of fused-ring (bicyclic) bond motifs is 1. The van der Waals surface area contributed by atoms with Crippen LogP contribution in [0.15, 0.2) is 12.7 Å². The van der Waals surface area contributed by atoms with Crippen LogP contribution < -0.4 is 5.73 Å². The molecular formula is C14H23N5. The average Bonchev–Trinajstić information content (AvgIpc) is 2.84. The van der Waals surface area contributed by atoms with Gasteiger partial charge >= 0.3 is 0 Å². The van der Waals surface area contributed by atoms with Gasteiger partial charge in [-0.05, 0) is 13.3 Å². The molecule has 5 heteroatoms. The van der Waals surface area contributed by atoms with E-state index in [-0.39, 0.29) is 0 Å². The van der Waals surface area contributed by atoms with Crippen molar-refractivity contribution < 1.29 is 0 Å². The molecule has 2 heterocycles. The summed E-state index contributed by atoms with van der Waals surface area (Å²) in [7, 11) is 0. The predicted octanol–water partition coefficient (Wildman–Crippen LogP) is 3.33. The SMILES string of the molecule is CCCCCCCC(C)n1cnc2c(N)ncnc21. The van der Waals surface area contributed by atoms with Crippen LogP contribution in [-0.4, -0.2) is 19.5 Å². The fourth-order valence-electron chi connectivity index (χ4n) is 2.37. The van der Waals surface area contributed by atoms with E-state index in [9.17, 15) is 0 Å². The number of rotatable bonds is 7. The Morgan fingerprint density at radius 3 is 2.74 bits per heavy atom. The fourth-order valence-corrected chi connectivity index (χ4v) is 2.37. The van der Waals surface area contributed by atoms with Gasteiger partial charge in [-0.1, -0.05) is 39.0 Å². The van der Waals surface area contributed by atoms with E-state index in [4.69, 9.17) is 5.73 Å². The lowest BCUT2D eigenvalue weighted by Gasteiger charge is -2.13. The number of unbranched alkanes of at least 4 members (excludes halogenated alkanes) is 4. The van der Waals surface area contributed by atoms with Gasteiger partial charge in [0.2, 0.25) is 0 Å². The Balaban J connectivity index is 1.97. The van der Waals surface area contributed by atoms with Crippen molar-refractivity contribution in [3.8, 4) is 0 Å². The maximum atomic E-state index is 5.80. The third-order valence-corrected chi connectivity index (χ3v) is 3.59. The first kappa shape index (κ1) is 13.8. The lowest BCUT2D eigenvalue weighted by molar-refractivity contribution is 0.476. The first-order valence-electron chi connectivity index (χ1n) is 7.17. The number of aromatic nitrogens is 4. The molecule has 1 atom stereocenters. The number of imidazole rings is 1. The van der Waals surface area contributed by atoms with E-state index in [0.717, 1.165) is 12.1 Å². The zero-order valence-corrected chi connectivity index (χ0v) is 11.8. The summed E-state index contributed by atoms with van der Waals surface area (Å²) < 4.78 is 2.10. The second kappa shape index (κ2) is 6.50. The zero-order valence-electron chi connectivity index (χ0n) is 11.8. The van der Waals surface area contributed by atoms with Crippen molar-refractivity contribution in [2.24, 2.45) is 0 Å². The molecule has 19 heavy (non-hydrogen) atoms. The first-order chi connectivity index (χ1) is 9.24. The van der Waals surface area contributed by atoms with Gasteiger partial charge in [0.15, 0.2) is 11.5 Å². The Morgan fingerprint density at radius 2 is 1.95 bits per heavy atom. The largest absolute Gasteiger partial charge is 0.382 e. The van der Waals surface area contributed by atoms with Gasteiger partial charge in [0.25, 0.3) is 0 Å². The van der Waals surface area contributed by atoms with Crippen LogP contribution in [0.4, 0.5) is 5.82 Å². The van der Waals surface area contributed by atoms with Crippen LogP contribution in [0.25, 0.3) is 11.2 Å². The molecule has 0 radical (unpaired) electrons. The van der Waals surface area contributed by atoms with Crippen molar-refractivity contribution in [2.45, 2.75) is 58.4 Å². The van der Waals surface area contributed by atoms with Gasteiger partial charge < -0.3 is 10.3 Å². The molecule has 0 saturated carbocycles. The fraction of sp³-hybridized carbons (Fsp3) is 0.643. The molecule has 2 N–H and O–H groups in total. The predicted molar refractivity (Wildman–Crippen MR) is 77.8 cm³/mol. The van der Waals surface area contributed by atoms with E-state index in [1.807, 2.05) is 6.33 Å². The van der Waals surface area contributed by atoms with Crippen LogP contribution in [0.2, 0.25) is 0 Å². The van der Waals surface area contributed by atoms with E-state index in [1.54, 1.807) is 0 Å². The highest BCUT2D eigenvalue weighted by Gasteiger charge is 2.12. The standard InChI is InChI=1S/C14H23N5/c1-3-4-5-6-7-8-11(2)19-10-18-12-13(15)16-9-17-14(12)19/h9-11H,3-8H2,1-2H3,(H2,15,16,17). The molecule has 2 aromatic rings. The van der Waals surface area contributed by atoms with E-state index >= 15 is 0 Å². The quantitative estimate of drug-likeness (QED) is 0.776. The van der Waals surface area contributed by atoms with E-state index in [2.05, 4.69) is 33.4 Å². The minimum absolute atomic E-state index is 0.404. The molecule has 0 fully saturated rings. The number of hydrogen-bond acceptors (Lipinski definition) is 4. The third-order valence-electron chi connectivity index (χ3n) is 3.59. The molecular weight excluding hydrogens is 238 g/mol. The summed E-state index contributed by atoms with van der Waals surface area (Å²) in [4.78, 5) is 12.6. The molecule has 0 spiro atoms. The van der Waals surface area contributed by atoms with Crippen molar-refractivity contribution in [1.29, 1.82) is 0 Å². The van der Waals surface area contributed by atoms with Crippen LogP contribution in [0, 0.1) is 0 Å². The molecule has 0 bridgehead atoms. The Hall–Kier alpha value is -1.65. The summed E-state index contributed by atoms with van der Waals surface area (Å²) in [5.41, 5.74) is 7.35. The summed E-state index contributed by atoms with van der Waals surface area (Å²) in [5.74, 6) is 0.457. The van der Waals surface area contributed by atoms with Crippen molar-refractivity contribution in [2.75, 3.05) is 5.73 Å². The Morgan fingerprint density at radius 1 is 1.16 bits per heavy atom. The summed E-state index contributed by atoms with van der Waals surface area (Å²) in [6, 6.07) is 0.404. The number of nitrogens with zero attached hydrogens (tertiary/aromatic N) is 4. The topological polar surface area (TPSA) is 69.6 Å². The van der Waals surface area contributed by atoms with Crippen LogP contribution in [0.5, 0.6) is 0 Å². The van der Waals surface area contributed by atoms with Gasteiger partial charge in [0.1, 0.15) is 11.8 Å². The summed E-state index contributed by atoms with van der Waals surface area (Å²) >= 11 is 0. The molecule has 0 amide bonds. The average molecular weight is 261 g/mol. The molecule has 5 nitrogen and oxygen atoms in total. The molecule has 2 rings (SSSR count). The minimum atomic E-state index is 0.404. The second-order valence-electron chi connectivity index (χ2n) is 5.13. The van der Waals surface area contributed by atoms with Gasteiger partial charge in [-0.3, -0.25) is 0 Å². The number of nitrogen functional groups attached to an aromatic ring is 1. The Bertz CT molecular complexity index is 520. The number of anilines is 1. The maximum Gasteiger partial charge on any atom is 0.165 e. The van der Waals surface area contributed by atoms with Gasteiger partial charge in [-0.2, -0.15) is 0 Å². The molecule has 1 unspecified atom stereocenters. The van der Waals surface area contributed by atoms with Gasteiger partial charge in [0, 0.05) is 6.04 Å². The van der Waals surface area contributed by atoms with Crippen LogP contribution in [0.1, 0.15) is 58.4 Å². The maximum absolute atomic E-state index is 5.80. The van der Waals surface area contributed by atoms with Crippen LogP contribution in [0.3, 0.4) is 0 Å². The number of nitrogens with two attached hydrogens (primary N) is 1. The van der Waals surface area contributed by atoms with Gasteiger partial charge in [-0.25, -0.2) is 15.0 Å². The Labute approximate surface area is 114 Å². The summed E-state index contributed by atoms with van der Waals surface area (Å²) in [6.07, 6.45) is 11.0. The monoisotopic (exact) mass is 261 g/mol. The molecule has 0 aliphatic carbocycles. The highest BCUT2D eigenvalue weighted by molar-refractivity contribution is 5.81. The normalized spacial score (nSPS) is 12.9. The molecule has 0 saturated heterocycles. The van der Waals surface area contributed by atoms with Crippen LogP contribution >= 0.6 is 0 Å². The van der Waals surface area contributed by atoms with E-state index in [1.165, 1.54) is 38.4 Å². The molecule has 0 aliphatic rings. The smallest absolute Gasteiger partial charge is 0.165 e. The van der Waals surface area contributed by atoms with Gasteiger partial charge in [0.05, 0.1) is 6.33 Å². The van der Waals surface area contributed by atoms with E-state index < -0.39 is 0 Å². The van der Waals surface area contributed by atoms with E-state index in [0.29, 0.717) is 17.4 Å². The van der Waals surface area contributed by atoms with Crippen molar-refractivity contribution in [1.82, 2.24) is 19.5 Å². The van der Waals surface area contributed by atoms with Crippen molar-refractivity contribution >= 4 is 17.0 Å². The Kier molecular flexibility index (Phi) is 4.71. The van der Waals surface area contributed by atoms with Gasteiger partial charge in [-0.15, -0.1) is 0 Å². The minimum Gasteiger partial charge on any atom is -0.382 e. The zero-order chi connectivity index (χ0) is 13.7. The van der Waals surface area contributed by atoms with Crippen molar-refractivity contribution in [3.63, 3.8) is 0 Å². The van der Waals surface area contributed by atoms with Crippen LogP contribution in [-0.2, 0) is 0 Å². The number of hydrogen-bond donors (Lipinski definition) is 1. The first-order valence-corrected chi connectivity index (χ1v) is 7.17. The molecule has 2 aromatic heterocycles. The molecule has 0 aliphatic heterocycles. The van der Waals surface area contributed by atoms with Crippen molar-refractivity contribution in [3.05, 3.63) is 12.7 Å². The molecule has 104 valence electrons. The lowest BCUT2D eigenvalue weighted by atomic mass is 10.1. The molecule has 0 aromatic carbocycles. The summed E-state index contributed by atoms with van der Waals surface area (Å²) in [6.45, 7) is 4.45. The summed E-state index contributed by atoms with van der Waals surface area (Å²) in [5, 5.41) is 0. The third kappa shape index (κ3) is 3.22. The highest BCUT2D eigenvalue weighted by atomic mass is 15.1. The lowest BCUT2D eigenvalue weighted by Crippen LogP contribution is -2.05. The highest BCUT2D eigenvalue weighted by Crippen LogP contribution is 2.22. The second-order valence-corrected chi connectivity index (χ2v) is 5.13.